The summed E-state index contributed by atoms with van der Waals surface area (Å²) in [5, 5.41) is 9.80. The number of aliphatic hydroxyl groups excluding tert-OH is 1. The van der Waals surface area contributed by atoms with Gasteiger partial charge in [-0.25, -0.2) is 0 Å². The first-order chi connectivity index (χ1) is 9.41. The Morgan fingerprint density at radius 3 is 2.55 bits per heavy atom. The molecule has 0 spiro atoms. The van der Waals surface area contributed by atoms with E-state index < -0.39 is 23.9 Å². The predicted molar refractivity (Wildman–Crippen MR) is 68.2 cm³/mol. The number of hydrogen-bond acceptors (Lipinski definition) is 3. The number of ether oxygens (including phenoxy) is 1. The van der Waals surface area contributed by atoms with Crippen molar-refractivity contribution in [2.75, 3.05) is 0 Å². The van der Waals surface area contributed by atoms with E-state index in [0.29, 0.717) is 18.4 Å². The van der Waals surface area contributed by atoms with Crippen molar-refractivity contribution >= 4 is 0 Å². The third-order valence-corrected chi connectivity index (χ3v) is 3.53. The van der Waals surface area contributed by atoms with Crippen molar-refractivity contribution in [1.29, 1.82) is 0 Å². The highest BCUT2D eigenvalue weighted by Gasteiger charge is 2.36. The molecule has 1 aromatic rings. The van der Waals surface area contributed by atoms with Crippen molar-refractivity contribution < 1.29 is 23.0 Å². The van der Waals surface area contributed by atoms with Crippen molar-refractivity contribution in [2.24, 2.45) is 5.73 Å². The molecule has 3 nitrogen and oxygen atoms in total. The molecule has 1 saturated carbocycles. The Morgan fingerprint density at radius 1 is 1.25 bits per heavy atom. The van der Waals surface area contributed by atoms with Gasteiger partial charge < -0.3 is 15.6 Å². The summed E-state index contributed by atoms with van der Waals surface area (Å²) in [6.45, 7) is 0.0371. The Labute approximate surface area is 115 Å². The molecule has 0 radical (unpaired) electrons. The summed E-state index contributed by atoms with van der Waals surface area (Å²) >= 11 is 0. The van der Waals surface area contributed by atoms with Gasteiger partial charge in [-0.05, 0) is 37.0 Å². The summed E-state index contributed by atoms with van der Waals surface area (Å²) in [6, 6.07) is 3.80. The molecule has 0 aliphatic heterocycles. The van der Waals surface area contributed by atoms with E-state index in [2.05, 4.69) is 0 Å². The van der Waals surface area contributed by atoms with Gasteiger partial charge in [0.05, 0.1) is 11.7 Å². The Bertz CT molecular complexity index is 462. The molecule has 1 aliphatic carbocycles. The van der Waals surface area contributed by atoms with Crippen LogP contribution in [0.2, 0.25) is 0 Å². The fourth-order valence-electron chi connectivity index (χ4n) is 2.41. The van der Waals surface area contributed by atoms with Crippen LogP contribution in [0.25, 0.3) is 0 Å². The molecule has 112 valence electrons. The largest absolute Gasteiger partial charge is 0.487 e. The van der Waals surface area contributed by atoms with Gasteiger partial charge in [-0.3, -0.25) is 0 Å². The van der Waals surface area contributed by atoms with Gasteiger partial charge in [-0.15, -0.1) is 0 Å². The SMILES string of the molecule is NCc1ccc(OC2CCCCC2O)c(C(F)(F)F)c1. The van der Waals surface area contributed by atoms with Gasteiger partial charge in [0.2, 0.25) is 0 Å². The zero-order valence-corrected chi connectivity index (χ0v) is 11.0. The minimum atomic E-state index is -4.50. The molecule has 1 aliphatic rings. The smallest absolute Gasteiger partial charge is 0.419 e. The molecule has 6 heteroatoms. The van der Waals surface area contributed by atoms with Gasteiger partial charge in [0, 0.05) is 6.54 Å². The summed E-state index contributed by atoms with van der Waals surface area (Å²) in [5.74, 6) is -0.236. The quantitative estimate of drug-likeness (QED) is 0.899. The highest BCUT2D eigenvalue weighted by molar-refractivity contribution is 5.39. The predicted octanol–water partition coefficient (Wildman–Crippen LogP) is 2.85. The minimum absolute atomic E-state index is 0.0371. The Balaban J connectivity index is 2.26. The van der Waals surface area contributed by atoms with E-state index in [9.17, 15) is 18.3 Å². The van der Waals surface area contributed by atoms with Crippen LogP contribution in [0.4, 0.5) is 13.2 Å². The lowest BCUT2D eigenvalue weighted by Crippen LogP contribution is -2.35. The number of hydrogen-bond donors (Lipinski definition) is 2. The topological polar surface area (TPSA) is 55.5 Å². The van der Waals surface area contributed by atoms with E-state index in [0.717, 1.165) is 18.9 Å². The zero-order valence-electron chi connectivity index (χ0n) is 11.0. The minimum Gasteiger partial charge on any atom is -0.487 e. The summed E-state index contributed by atoms with van der Waals surface area (Å²) in [6.07, 6.45) is -2.93. The molecule has 0 heterocycles. The Hall–Kier alpha value is -1.27. The zero-order chi connectivity index (χ0) is 14.8. The fraction of sp³-hybridized carbons (Fsp3) is 0.571. The van der Waals surface area contributed by atoms with Gasteiger partial charge in [0.25, 0.3) is 0 Å². The Kier molecular flexibility index (Phi) is 4.55. The summed E-state index contributed by atoms with van der Waals surface area (Å²) in [4.78, 5) is 0. The highest BCUT2D eigenvalue weighted by Crippen LogP contribution is 2.38. The number of rotatable bonds is 3. The van der Waals surface area contributed by atoms with Crippen molar-refractivity contribution in [3.05, 3.63) is 29.3 Å². The van der Waals surface area contributed by atoms with E-state index >= 15 is 0 Å². The molecule has 0 amide bonds. The van der Waals surface area contributed by atoms with Gasteiger partial charge in [0.1, 0.15) is 11.9 Å². The number of halogens is 3. The molecule has 0 bridgehead atoms. The van der Waals surface area contributed by atoms with Crippen LogP contribution in [0.3, 0.4) is 0 Å². The Morgan fingerprint density at radius 2 is 1.95 bits per heavy atom. The monoisotopic (exact) mass is 289 g/mol. The second-order valence-corrected chi connectivity index (χ2v) is 5.04. The molecule has 20 heavy (non-hydrogen) atoms. The van der Waals surface area contributed by atoms with Crippen LogP contribution in [0.1, 0.15) is 36.8 Å². The van der Waals surface area contributed by atoms with E-state index in [-0.39, 0.29) is 12.3 Å². The van der Waals surface area contributed by atoms with Crippen LogP contribution >= 0.6 is 0 Å². The van der Waals surface area contributed by atoms with Gasteiger partial charge in [-0.2, -0.15) is 13.2 Å². The van der Waals surface area contributed by atoms with Crippen LogP contribution in [-0.2, 0) is 12.7 Å². The van der Waals surface area contributed by atoms with E-state index in [4.69, 9.17) is 10.5 Å². The second kappa shape index (κ2) is 6.01. The van der Waals surface area contributed by atoms with E-state index in [1.54, 1.807) is 0 Å². The van der Waals surface area contributed by atoms with Crippen molar-refractivity contribution in [2.45, 2.75) is 50.6 Å². The molecular weight excluding hydrogens is 271 g/mol. The van der Waals surface area contributed by atoms with Gasteiger partial charge >= 0.3 is 6.18 Å². The standard InChI is InChI=1S/C14H18F3NO2/c15-14(16,17)10-7-9(8-18)5-6-12(10)20-13-4-2-1-3-11(13)19/h5-7,11,13,19H,1-4,8,18H2. The third-order valence-electron chi connectivity index (χ3n) is 3.53. The molecule has 2 atom stereocenters. The average molecular weight is 289 g/mol. The molecular formula is C14H18F3NO2. The van der Waals surface area contributed by atoms with E-state index in [1.807, 2.05) is 0 Å². The first-order valence-corrected chi connectivity index (χ1v) is 6.66. The maximum absolute atomic E-state index is 13.0. The number of aliphatic hydroxyl groups is 1. The summed E-state index contributed by atoms with van der Waals surface area (Å²) in [5.41, 5.74) is 4.93. The van der Waals surface area contributed by atoms with Crippen LogP contribution < -0.4 is 10.5 Å². The lowest BCUT2D eigenvalue weighted by molar-refractivity contribution is -0.140. The van der Waals surface area contributed by atoms with Crippen molar-refractivity contribution in [1.82, 2.24) is 0 Å². The van der Waals surface area contributed by atoms with Crippen LogP contribution in [0, 0.1) is 0 Å². The summed E-state index contributed by atoms with van der Waals surface area (Å²) < 4.78 is 44.5. The molecule has 1 fully saturated rings. The fourth-order valence-corrected chi connectivity index (χ4v) is 2.41. The molecule has 0 aromatic heterocycles. The molecule has 1 aromatic carbocycles. The normalized spacial score (nSPS) is 23.6. The maximum atomic E-state index is 13.0. The highest BCUT2D eigenvalue weighted by atomic mass is 19.4. The lowest BCUT2D eigenvalue weighted by atomic mass is 9.94. The van der Waals surface area contributed by atoms with Crippen molar-refractivity contribution in [3.63, 3.8) is 0 Å². The second-order valence-electron chi connectivity index (χ2n) is 5.04. The number of alkyl halides is 3. The van der Waals surface area contributed by atoms with Gasteiger partial charge in [-0.1, -0.05) is 12.5 Å². The van der Waals surface area contributed by atoms with Crippen LogP contribution in [-0.4, -0.2) is 17.3 Å². The first-order valence-electron chi connectivity index (χ1n) is 6.66. The molecule has 2 unspecified atom stereocenters. The maximum Gasteiger partial charge on any atom is 0.419 e. The van der Waals surface area contributed by atoms with Crippen LogP contribution in [0.15, 0.2) is 18.2 Å². The lowest BCUT2D eigenvalue weighted by Gasteiger charge is -2.29. The molecule has 3 N–H and O–H groups in total. The number of benzene rings is 1. The molecule has 2 rings (SSSR count). The van der Waals surface area contributed by atoms with Crippen molar-refractivity contribution in [3.8, 4) is 5.75 Å². The molecule has 0 saturated heterocycles. The number of nitrogens with two attached hydrogens (primary N) is 1. The summed E-state index contributed by atoms with van der Waals surface area (Å²) in [7, 11) is 0. The van der Waals surface area contributed by atoms with E-state index in [1.165, 1.54) is 12.1 Å². The van der Waals surface area contributed by atoms with Gasteiger partial charge in [0.15, 0.2) is 0 Å². The third kappa shape index (κ3) is 3.43. The first kappa shape index (κ1) is 15.1. The average Bonchev–Trinajstić information content (AvgIpc) is 2.40. The van der Waals surface area contributed by atoms with Crippen LogP contribution in [0.5, 0.6) is 5.75 Å².